The van der Waals surface area contributed by atoms with E-state index in [-0.39, 0.29) is 5.56 Å². The summed E-state index contributed by atoms with van der Waals surface area (Å²) in [6.45, 7) is 0. The Kier molecular flexibility index (Phi) is 2.91. The zero-order valence-electron chi connectivity index (χ0n) is 10.0. The average molecular weight is 258 g/mol. The maximum absolute atomic E-state index is 14.0. The number of nitrogens with one attached hydrogen (secondary N) is 2. The third-order valence-electron chi connectivity index (χ3n) is 3.15. The number of hydrogen-bond donors (Lipinski definition) is 2. The van der Waals surface area contributed by atoms with Gasteiger partial charge in [0.2, 0.25) is 0 Å². The van der Waals surface area contributed by atoms with Crippen LogP contribution in [0.15, 0.2) is 54.9 Å². The van der Waals surface area contributed by atoms with Gasteiger partial charge in [0.05, 0.1) is 5.92 Å². The Morgan fingerprint density at radius 2 is 1.26 bits per heavy atom. The third-order valence-corrected chi connectivity index (χ3v) is 3.15. The number of hydrogen-bond acceptors (Lipinski definition) is 0. The quantitative estimate of drug-likeness (QED) is 0.716. The van der Waals surface area contributed by atoms with E-state index in [1.165, 1.54) is 18.2 Å². The molecule has 0 aliphatic rings. The third kappa shape index (κ3) is 2.05. The Morgan fingerprint density at radius 1 is 0.737 bits per heavy atom. The zero-order chi connectivity index (χ0) is 13.2. The molecule has 0 atom stereocenters. The molecule has 4 heteroatoms. The monoisotopic (exact) mass is 258 g/mol. The van der Waals surface area contributed by atoms with E-state index in [4.69, 9.17) is 0 Å². The van der Waals surface area contributed by atoms with Gasteiger partial charge in [-0.3, -0.25) is 0 Å². The van der Waals surface area contributed by atoms with Gasteiger partial charge in [-0.05, 0) is 36.4 Å². The molecule has 2 N–H and O–H groups in total. The van der Waals surface area contributed by atoms with E-state index in [0.29, 0.717) is 0 Å². The Balaban J connectivity index is 2.21. The van der Waals surface area contributed by atoms with Gasteiger partial charge in [-0.2, -0.15) is 0 Å². The molecule has 0 saturated carbocycles. The highest BCUT2D eigenvalue weighted by atomic mass is 19.1. The van der Waals surface area contributed by atoms with Gasteiger partial charge in [0.1, 0.15) is 11.6 Å². The van der Waals surface area contributed by atoms with Crippen LogP contribution in [-0.4, -0.2) is 9.97 Å². The van der Waals surface area contributed by atoms with Crippen LogP contribution in [0.5, 0.6) is 0 Å². The molecule has 2 aromatic heterocycles. The molecule has 96 valence electrons. The average Bonchev–Trinajstić information content (AvgIpc) is 3.07. The molecule has 0 spiro atoms. The largest absolute Gasteiger partial charge is 0.364 e. The van der Waals surface area contributed by atoms with Gasteiger partial charge in [0, 0.05) is 29.3 Å². The van der Waals surface area contributed by atoms with Crippen molar-refractivity contribution in [3.63, 3.8) is 0 Å². The van der Waals surface area contributed by atoms with Crippen molar-refractivity contribution in [3.05, 3.63) is 83.4 Å². The summed E-state index contributed by atoms with van der Waals surface area (Å²) < 4.78 is 28.0. The molecule has 0 fully saturated rings. The van der Waals surface area contributed by atoms with Crippen molar-refractivity contribution in [2.75, 3.05) is 0 Å². The fourth-order valence-electron chi connectivity index (χ4n) is 2.31. The Hall–Kier alpha value is -2.36. The fraction of sp³-hybridized carbons (Fsp3) is 0.0667. The molecule has 0 unspecified atom stereocenters. The van der Waals surface area contributed by atoms with Crippen LogP contribution in [0, 0.1) is 11.6 Å². The van der Waals surface area contributed by atoms with E-state index in [9.17, 15) is 8.78 Å². The maximum atomic E-state index is 14.0. The molecule has 3 rings (SSSR count). The minimum atomic E-state index is -0.547. The second kappa shape index (κ2) is 4.72. The molecule has 2 nitrogen and oxygen atoms in total. The van der Waals surface area contributed by atoms with Crippen molar-refractivity contribution in [1.82, 2.24) is 9.97 Å². The number of H-pyrrole nitrogens is 2. The molecule has 2 heterocycles. The Labute approximate surface area is 109 Å². The van der Waals surface area contributed by atoms with Gasteiger partial charge in [-0.25, -0.2) is 8.78 Å². The van der Waals surface area contributed by atoms with Crippen molar-refractivity contribution in [3.8, 4) is 0 Å². The Bertz CT molecular complexity index is 603. The summed E-state index contributed by atoms with van der Waals surface area (Å²) >= 11 is 0. The van der Waals surface area contributed by atoms with Gasteiger partial charge < -0.3 is 9.97 Å². The van der Waals surface area contributed by atoms with Crippen LogP contribution in [0.2, 0.25) is 0 Å². The highest BCUT2D eigenvalue weighted by Crippen LogP contribution is 2.33. The summed E-state index contributed by atoms with van der Waals surface area (Å²) in [5.74, 6) is -1.60. The van der Waals surface area contributed by atoms with Crippen LogP contribution in [0.3, 0.4) is 0 Å². The standard InChI is InChI=1S/C15H12F2N2/c16-10-4-1-5-11(17)14(10)15(12-6-2-8-18-12)13-7-3-9-19-13/h1-9,15,18-19H. The van der Waals surface area contributed by atoms with Crippen molar-refractivity contribution < 1.29 is 8.78 Å². The number of benzene rings is 1. The first-order valence-corrected chi connectivity index (χ1v) is 5.98. The zero-order valence-corrected chi connectivity index (χ0v) is 10.0. The first kappa shape index (κ1) is 11.7. The molecule has 0 radical (unpaired) electrons. The molecular formula is C15H12F2N2. The van der Waals surface area contributed by atoms with Crippen LogP contribution >= 0.6 is 0 Å². The van der Waals surface area contributed by atoms with Crippen molar-refractivity contribution in [2.45, 2.75) is 5.92 Å². The summed E-state index contributed by atoms with van der Waals surface area (Å²) in [6, 6.07) is 11.2. The molecule has 0 bridgehead atoms. The highest BCUT2D eigenvalue weighted by Gasteiger charge is 2.24. The number of rotatable bonds is 3. The van der Waals surface area contributed by atoms with E-state index in [0.717, 1.165) is 11.4 Å². The lowest BCUT2D eigenvalue weighted by Crippen LogP contribution is -2.09. The van der Waals surface area contributed by atoms with Crippen LogP contribution in [-0.2, 0) is 0 Å². The van der Waals surface area contributed by atoms with Gasteiger partial charge in [0.25, 0.3) is 0 Å². The highest BCUT2D eigenvalue weighted by molar-refractivity contribution is 5.39. The number of aromatic amines is 2. The topological polar surface area (TPSA) is 31.6 Å². The SMILES string of the molecule is Fc1cccc(F)c1C(c1ccc[nH]1)c1ccc[nH]1. The fourth-order valence-corrected chi connectivity index (χ4v) is 2.31. The van der Waals surface area contributed by atoms with Crippen molar-refractivity contribution in [2.24, 2.45) is 0 Å². The van der Waals surface area contributed by atoms with E-state index in [1.54, 1.807) is 12.4 Å². The number of halogens is 2. The molecule has 0 aliphatic carbocycles. The Morgan fingerprint density at radius 3 is 1.68 bits per heavy atom. The molecule has 1 aromatic carbocycles. The second-order valence-corrected chi connectivity index (χ2v) is 4.32. The predicted molar refractivity (Wildman–Crippen MR) is 68.9 cm³/mol. The maximum Gasteiger partial charge on any atom is 0.130 e. The lowest BCUT2D eigenvalue weighted by Gasteiger charge is -2.16. The normalized spacial score (nSPS) is 11.1. The molecule has 0 saturated heterocycles. The van der Waals surface area contributed by atoms with Crippen LogP contribution in [0.25, 0.3) is 0 Å². The van der Waals surface area contributed by atoms with E-state index >= 15 is 0 Å². The van der Waals surface area contributed by atoms with Gasteiger partial charge in [-0.15, -0.1) is 0 Å². The van der Waals surface area contributed by atoms with Gasteiger partial charge >= 0.3 is 0 Å². The molecule has 3 aromatic rings. The first-order valence-electron chi connectivity index (χ1n) is 5.98. The van der Waals surface area contributed by atoms with Crippen molar-refractivity contribution in [1.29, 1.82) is 0 Å². The summed E-state index contributed by atoms with van der Waals surface area (Å²) in [4.78, 5) is 6.05. The lowest BCUT2D eigenvalue weighted by atomic mass is 9.91. The minimum absolute atomic E-state index is 0.0485. The smallest absolute Gasteiger partial charge is 0.130 e. The van der Waals surface area contributed by atoms with Crippen LogP contribution in [0.4, 0.5) is 8.78 Å². The molecule has 0 aliphatic heterocycles. The number of aromatic nitrogens is 2. The molecule has 19 heavy (non-hydrogen) atoms. The van der Waals surface area contributed by atoms with E-state index < -0.39 is 17.6 Å². The van der Waals surface area contributed by atoms with Gasteiger partial charge in [0.15, 0.2) is 0 Å². The summed E-state index contributed by atoms with van der Waals surface area (Å²) in [5, 5.41) is 0. The van der Waals surface area contributed by atoms with Crippen LogP contribution < -0.4 is 0 Å². The van der Waals surface area contributed by atoms with Crippen molar-refractivity contribution >= 4 is 0 Å². The minimum Gasteiger partial charge on any atom is -0.364 e. The summed E-state index contributed by atoms with van der Waals surface area (Å²) in [5.41, 5.74) is 1.53. The summed E-state index contributed by atoms with van der Waals surface area (Å²) in [7, 11) is 0. The molecular weight excluding hydrogens is 246 g/mol. The van der Waals surface area contributed by atoms with E-state index in [1.807, 2.05) is 24.3 Å². The van der Waals surface area contributed by atoms with Crippen LogP contribution in [0.1, 0.15) is 22.9 Å². The van der Waals surface area contributed by atoms with Gasteiger partial charge in [-0.1, -0.05) is 6.07 Å². The van der Waals surface area contributed by atoms with E-state index in [2.05, 4.69) is 9.97 Å². The second-order valence-electron chi connectivity index (χ2n) is 4.32. The first-order chi connectivity index (χ1) is 9.27. The predicted octanol–water partition coefficient (Wildman–Crippen LogP) is 3.80. The molecule has 0 amide bonds. The lowest BCUT2D eigenvalue weighted by molar-refractivity contribution is 0.549. The summed E-state index contributed by atoms with van der Waals surface area (Å²) in [6.07, 6.45) is 3.48.